The zero-order chi connectivity index (χ0) is 10.2. The minimum Gasteiger partial charge on any atom is -0.330 e. The van der Waals surface area contributed by atoms with Crippen molar-refractivity contribution < 1.29 is 13.2 Å². The number of rotatable bonds is 7. The molecule has 80 valence electrons. The summed E-state index contributed by atoms with van der Waals surface area (Å²) in [6, 6.07) is 0. The number of halogens is 3. The van der Waals surface area contributed by atoms with Crippen LogP contribution in [0.3, 0.4) is 0 Å². The van der Waals surface area contributed by atoms with Gasteiger partial charge in [0.25, 0.3) is 0 Å². The molecule has 0 aliphatic heterocycles. The van der Waals surface area contributed by atoms with Gasteiger partial charge >= 0.3 is 6.18 Å². The lowest BCUT2D eigenvalue weighted by Crippen LogP contribution is -2.29. The minimum atomic E-state index is -4.09. The summed E-state index contributed by atoms with van der Waals surface area (Å²) in [4.78, 5) is 0. The molecule has 0 heterocycles. The van der Waals surface area contributed by atoms with E-state index in [1.165, 1.54) is 0 Å². The van der Waals surface area contributed by atoms with E-state index in [4.69, 9.17) is 5.73 Å². The lowest BCUT2D eigenvalue weighted by atomic mass is 10.2. The van der Waals surface area contributed by atoms with Gasteiger partial charge in [0.05, 0.1) is 6.54 Å². The zero-order valence-corrected chi connectivity index (χ0v) is 7.66. The van der Waals surface area contributed by atoms with Gasteiger partial charge in [0.2, 0.25) is 0 Å². The van der Waals surface area contributed by atoms with Crippen LogP contribution in [0.4, 0.5) is 13.2 Å². The predicted octanol–water partition coefficient (Wildman–Crippen LogP) is 1.66. The summed E-state index contributed by atoms with van der Waals surface area (Å²) in [5.41, 5.74) is 5.26. The Labute approximate surface area is 76.7 Å². The van der Waals surface area contributed by atoms with Crippen molar-refractivity contribution >= 4 is 0 Å². The average molecular weight is 198 g/mol. The maximum atomic E-state index is 11.6. The van der Waals surface area contributed by atoms with Crippen LogP contribution in [0.15, 0.2) is 0 Å². The zero-order valence-electron chi connectivity index (χ0n) is 7.66. The number of nitrogens with two attached hydrogens (primary N) is 1. The van der Waals surface area contributed by atoms with Gasteiger partial charge in [-0.15, -0.1) is 0 Å². The second kappa shape index (κ2) is 7.15. The Bertz CT molecular complexity index is 114. The Kier molecular flexibility index (Phi) is 6.99. The average Bonchev–Trinajstić information content (AvgIpc) is 2.01. The van der Waals surface area contributed by atoms with Crippen LogP contribution in [0, 0.1) is 0 Å². The molecule has 0 spiro atoms. The second-order valence-electron chi connectivity index (χ2n) is 2.99. The molecule has 0 unspecified atom stereocenters. The second-order valence-corrected chi connectivity index (χ2v) is 2.99. The number of nitrogens with one attached hydrogen (secondary N) is 1. The van der Waals surface area contributed by atoms with E-state index in [0.29, 0.717) is 13.1 Å². The fraction of sp³-hybridized carbons (Fsp3) is 1.00. The normalized spacial score (nSPS) is 12.0. The quantitative estimate of drug-likeness (QED) is 0.610. The van der Waals surface area contributed by atoms with Crippen LogP contribution < -0.4 is 11.1 Å². The van der Waals surface area contributed by atoms with Gasteiger partial charge in [-0.05, 0) is 25.9 Å². The maximum Gasteiger partial charge on any atom is 0.401 e. The number of unbranched alkanes of at least 4 members (excludes halogenated alkanes) is 3. The third-order valence-electron chi connectivity index (χ3n) is 1.63. The Balaban J connectivity index is 3.00. The van der Waals surface area contributed by atoms with Crippen molar-refractivity contribution in [3.63, 3.8) is 0 Å². The molecule has 0 aliphatic rings. The van der Waals surface area contributed by atoms with Gasteiger partial charge in [0.1, 0.15) is 0 Å². The molecule has 0 aromatic heterocycles. The largest absolute Gasteiger partial charge is 0.401 e. The first-order chi connectivity index (χ1) is 6.06. The SMILES string of the molecule is NCCCCCCNCC(F)(F)F. The summed E-state index contributed by atoms with van der Waals surface area (Å²) in [5.74, 6) is 0. The van der Waals surface area contributed by atoms with Gasteiger partial charge < -0.3 is 11.1 Å². The van der Waals surface area contributed by atoms with Gasteiger partial charge in [-0.1, -0.05) is 12.8 Å². The van der Waals surface area contributed by atoms with Gasteiger partial charge in [0.15, 0.2) is 0 Å². The molecule has 0 radical (unpaired) electrons. The number of hydrogen-bond donors (Lipinski definition) is 2. The van der Waals surface area contributed by atoms with Crippen molar-refractivity contribution in [2.45, 2.75) is 31.9 Å². The molecule has 0 aromatic rings. The molecule has 0 saturated heterocycles. The molecule has 0 rings (SSSR count). The highest BCUT2D eigenvalue weighted by Gasteiger charge is 2.25. The van der Waals surface area contributed by atoms with Gasteiger partial charge in [-0.2, -0.15) is 13.2 Å². The first kappa shape index (κ1) is 12.7. The molecule has 0 atom stereocenters. The van der Waals surface area contributed by atoms with Crippen LogP contribution in [0.1, 0.15) is 25.7 Å². The van der Waals surface area contributed by atoms with E-state index >= 15 is 0 Å². The van der Waals surface area contributed by atoms with Crippen LogP contribution in [0.5, 0.6) is 0 Å². The molecule has 5 heteroatoms. The minimum absolute atomic E-state index is 0.435. The fourth-order valence-electron chi connectivity index (χ4n) is 0.978. The van der Waals surface area contributed by atoms with E-state index in [0.717, 1.165) is 25.7 Å². The lowest BCUT2D eigenvalue weighted by Gasteiger charge is -2.07. The summed E-state index contributed by atoms with van der Waals surface area (Å²) in [5, 5.41) is 2.35. The van der Waals surface area contributed by atoms with Gasteiger partial charge in [0, 0.05) is 0 Å². The molecule has 3 N–H and O–H groups in total. The van der Waals surface area contributed by atoms with E-state index in [9.17, 15) is 13.2 Å². The van der Waals surface area contributed by atoms with E-state index in [2.05, 4.69) is 5.32 Å². The van der Waals surface area contributed by atoms with Crippen LogP contribution in [-0.2, 0) is 0 Å². The molecule has 0 aliphatic carbocycles. The molecule has 0 amide bonds. The van der Waals surface area contributed by atoms with Crippen molar-refractivity contribution in [1.29, 1.82) is 0 Å². The summed E-state index contributed by atoms with van der Waals surface area (Å²) < 4.78 is 34.8. The number of hydrogen-bond acceptors (Lipinski definition) is 2. The highest BCUT2D eigenvalue weighted by Crippen LogP contribution is 2.12. The van der Waals surface area contributed by atoms with E-state index in [1.807, 2.05) is 0 Å². The van der Waals surface area contributed by atoms with E-state index < -0.39 is 12.7 Å². The molecule has 13 heavy (non-hydrogen) atoms. The van der Waals surface area contributed by atoms with Crippen LogP contribution in [0.25, 0.3) is 0 Å². The fourth-order valence-corrected chi connectivity index (χ4v) is 0.978. The molecule has 0 bridgehead atoms. The highest BCUT2D eigenvalue weighted by atomic mass is 19.4. The Morgan fingerprint density at radius 3 is 2.15 bits per heavy atom. The predicted molar refractivity (Wildman–Crippen MR) is 46.4 cm³/mol. The molecular weight excluding hydrogens is 181 g/mol. The van der Waals surface area contributed by atoms with E-state index in [1.54, 1.807) is 0 Å². The molecule has 0 aromatic carbocycles. The monoisotopic (exact) mass is 198 g/mol. The first-order valence-corrected chi connectivity index (χ1v) is 4.54. The third-order valence-corrected chi connectivity index (χ3v) is 1.63. The maximum absolute atomic E-state index is 11.6. The van der Waals surface area contributed by atoms with Gasteiger partial charge in [-0.3, -0.25) is 0 Å². The standard InChI is InChI=1S/C8H17F3N2/c9-8(10,11)7-13-6-4-2-1-3-5-12/h13H,1-7,12H2. The summed E-state index contributed by atoms with van der Waals surface area (Å²) in [6.07, 6.45) is -0.390. The first-order valence-electron chi connectivity index (χ1n) is 4.54. The summed E-state index contributed by atoms with van der Waals surface area (Å²) in [6.45, 7) is 0.212. The van der Waals surface area contributed by atoms with Crippen molar-refractivity contribution in [2.24, 2.45) is 5.73 Å². The smallest absolute Gasteiger partial charge is 0.330 e. The van der Waals surface area contributed by atoms with Crippen LogP contribution >= 0.6 is 0 Å². The topological polar surface area (TPSA) is 38.0 Å². The molecule has 2 nitrogen and oxygen atoms in total. The highest BCUT2D eigenvalue weighted by molar-refractivity contribution is 4.55. The van der Waals surface area contributed by atoms with Crippen LogP contribution in [0.2, 0.25) is 0 Å². The molecular formula is C8H17F3N2. The summed E-state index contributed by atoms with van der Waals surface area (Å²) in [7, 11) is 0. The third kappa shape index (κ3) is 11.7. The lowest BCUT2D eigenvalue weighted by molar-refractivity contribution is -0.124. The Hall–Kier alpha value is -0.290. The van der Waals surface area contributed by atoms with Crippen molar-refractivity contribution in [3.05, 3.63) is 0 Å². The van der Waals surface area contributed by atoms with Crippen molar-refractivity contribution in [3.8, 4) is 0 Å². The summed E-state index contributed by atoms with van der Waals surface area (Å²) >= 11 is 0. The van der Waals surface area contributed by atoms with E-state index in [-0.39, 0.29) is 0 Å². The van der Waals surface area contributed by atoms with Crippen LogP contribution in [-0.4, -0.2) is 25.8 Å². The Morgan fingerprint density at radius 2 is 1.62 bits per heavy atom. The molecule has 0 fully saturated rings. The Morgan fingerprint density at radius 1 is 1.00 bits per heavy atom. The van der Waals surface area contributed by atoms with Gasteiger partial charge in [-0.25, -0.2) is 0 Å². The van der Waals surface area contributed by atoms with Crippen molar-refractivity contribution in [1.82, 2.24) is 5.32 Å². The molecule has 0 saturated carbocycles. The number of alkyl halides is 3. The van der Waals surface area contributed by atoms with Crippen molar-refractivity contribution in [2.75, 3.05) is 19.6 Å².